The van der Waals surface area contributed by atoms with Gasteiger partial charge >= 0.3 is 0 Å². The van der Waals surface area contributed by atoms with Crippen molar-refractivity contribution in [2.24, 2.45) is 4.99 Å². The lowest BCUT2D eigenvalue weighted by Crippen LogP contribution is -3.06. The maximum Gasteiger partial charge on any atom is 0.137 e. The molecule has 24 heavy (non-hydrogen) atoms. The van der Waals surface area contributed by atoms with Gasteiger partial charge in [0.15, 0.2) is 0 Å². The number of nitrogens with zero attached hydrogens (tertiary/aromatic N) is 3. The molecule has 0 aliphatic carbocycles. The van der Waals surface area contributed by atoms with E-state index in [1.807, 2.05) is 26.4 Å². The van der Waals surface area contributed by atoms with E-state index in [1.54, 1.807) is 18.3 Å². The topological polar surface area (TPSA) is 53.5 Å². The first-order chi connectivity index (χ1) is 11.4. The van der Waals surface area contributed by atoms with Crippen LogP contribution in [0, 0.1) is 24.1 Å². The van der Waals surface area contributed by atoms with Crippen LogP contribution in [0.2, 0.25) is 5.02 Å². The van der Waals surface area contributed by atoms with Crippen LogP contribution in [-0.2, 0) is 0 Å². The van der Waals surface area contributed by atoms with Gasteiger partial charge in [-0.1, -0.05) is 17.7 Å². The molecule has 7 heteroatoms. The lowest BCUT2D eigenvalue weighted by Gasteiger charge is -2.21. The molecule has 0 spiro atoms. The molecule has 2 aromatic rings. The van der Waals surface area contributed by atoms with Gasteiger partial charge in [0, 0.05) is 17.3 Å². The van der Waals surface area contributed by atoms with Crippen LogP contribution in [0.25, 0.3) is 0 Å². The Hall–Kier alpha value is -1.81. The van der Waals surface area contributed by atoms with Gasteiger partial charge in [-0.25, -0.2) is 9.37 Å². The number of rotatable bonds is 6. The second kappa shape index (κ2) is 8.34. The van der Waals surface area contributed by atoms with Crippen molar-refractivity contribution < 1.29 is 9.29 Å². The molecular formula is C17H19ClFN4S+. The van der Waals surface area contributed by atoms with E-state index in [1.165, 1.54) is 17.4 Å². The van der Waals surface area contributed by atoms with Crippen LogP contribution in [0.4, 0.5) is 4.39 Å². The highest BCUT2D eigenvalue weighted by atomic mass is 35.5. The Morgan fingerprint density at radius 3 is 2.79 bits per heavy atom. The zero-order valence-electron chi connectivity index (χ0n) is 13.8. The van der Waals surface area contributed by atoms with E-state index < -0.39 is 5.92 Å². The maximum absolute atomic E-state index is 14.2. The van der Waals surface area contributed by atoms with Crippen molar-refractivity contribution in [1.29, 1.82) is 5.26 Å². The molecule has 4 nitrogen and oxygen atoms in total. The average Bonchev–Trinajstić information content (AvgIpc) is 2.95. The molecule has 2 atom stereocenters. The highest BCUT2D eigenvalue weighted by Gasteiger charge is 2.24. The van der Waals surface area contributed by atoms with Gasteiger partial charge in [0.2, 0.25) is 0 Å². The third kappa shape index (κ3) is 4.38. The number of likely N-dealkylation sites (N-methyl/N-ethyl adjacent to an activating group) is 1. The predicted octanol–water partition coefficient (Wildman–Crippen LogP) is 2.81. The zero-order valence-corrected chi connectivity index (χ0v) is 15.3. The van der Waals surface area contributed by atoms with Gasteiger partial charge in [-0.3, -0.25) is 4.99 Å². The van der Waals surface area contributed by atoms with Crippen molar-refractivity contribution in [3.63, 3.8) is 0 Å². The molecular weight excluding hydrogens is 347 g/mol. The van der Waals surface area contributed by atoms with E-state index in [0.29, 0.717) is 17.1 Å². The number of hydrogen-bond donors (Lipinski definition) is 1. The molecule has 0 aliphatic rings. The van der Waals surface area contributed by atoms with Crippen LogP contribution in [0.5, 0.6) is 0 Å². The van der Waals surface area contributed by atoms with E-state index in [-0.39, 0.29) is 11.9 Å². The third-order valence-electron chi connectivity index (χ3n) is 3.63. The number of nitrogens with one attached hydrogen (secondary N) is 1. The van der Waals surface area contributed by atoms with Gasteiger partial charge in [-0.15, -0.1) is 11.3 Å². The number of hydrogen-bond acceptors (Lipinski definition) is 4. The second-order valence-corrected chi connectivity index (χ2v) is 7.01. The lowest BCUT2D eigenvalue weighted by atomic mass is 10.1. The number of aliphatic imine (C=N–C) groups is 1. The Bertz CT molecular complexity index is 746. The molecule has 0 saturated heterocycles. The first-order valence-corrected chi connectivity index (χ1v) is 8.75. The Morgan fingerprint density at radius 1 is 1.50 bits per heavy atom. The van der Waals surface area contributed by atoms with Crippen LogP contribution >= 0.6 is 22.9 Å². The fourth-order valence-corrected chi connectivity index (χ4v) is 3.44. The summed E-state index contributed by atoms with van der Waals surface area (Å²) in [5.74, 6) is -0.825. The lowest BCUT2D eigenvalue weighted by molar-refractivity contribution is -0.890. The van der Waals surface area contributed by atoms with E-state index in [2.05, 4.69) is 16.0 Å². The molecule has 0 fully saturated rings. The summed E-state index contributed by atoms with van der Waals surface area (Å²) in [7, 11) is 3.85. The van der Waals surface area contributed by atoms with E-state index in [9.17, 15) is 9.65 Å². The number of halogens is 2. The fraction of sp³-hybridized carbons (Fsp3) is 0.353. The van der Waals surface area contributed by atoms with Gasteiger partial charge in [-0.05, 0) is 19.1 Å². The molecule has 1 aromatic carbocycles. The average molecular weight is 366 g/mol. The first kappa shape index (κ1) is 18.5. The van der Waals surface area contributed by atoms with Crippen molar-refractivity contribution >= 4 is 29.2 Å². The molecule has 1 heterocycles. The van der Waals surface area contributed by atoms with Crippen molar-refractivity contribution in [3.05, 3.63) is 50.7 Å². The third-order valence-corrected chi connectivity index (χ3v) is 5.00. The normalized spacial score (nSPS) is 14.0. The van der Waals surface area contributed by atoms with Crippen molar-refractivity contribution in [1.82, 2.24) is 4.98 Å². The largest absolute Gasteiger partial charge is 0.332 e. The molecule has 0 amide bonds. The smallest absolute Gasteiger partial charge is 0.137 e. The summed E-state index contributed by atoms with van der Waals surface area (Å²) in [5.41, 5.74) is 1.34. The Labute approximate surface area is 150 Å². The van der Waals surface area contributed by atoms with E-state index in [4.69, 9.17) is 11.6 Å². The monoisotopic (exact) mass is 365 g/mol. The molecule has 0 radical (unpaired) electrons. The number of benzene rings is 1. The molecule has 0 saturated carbocycles. The Morgan fingerprint density at radius 2 is 2.25 bits per heavy atom. The maximum atomic E-state index is 14.2. The van der Waals surface area contributed by atoms with Crippen LogP contribution in [0.1, 0.15) is 28.2 Å². The molecule has 1 N–H and O–H groups in total. The van der Waals surface area contributed by atoms with Crippen LogP contribution in [-0.4, -0.2) is 31.8 Å². The minimum Gasteiger partial charge on any atom is -0.332 e. The molecule has 0 unspecified atom stereocenters. The first-order valence-electron chi connectivity index (χ1n) is 7.49. The van der Waals surface area contributed by atoms with Crippen LogP contribution < -0.4 is 4.90 Å². The summed E-state index contributed by atoms with van der Waals surface area (Å²) < 4.78 is 14.2. The molecule has 0 bridgehead atoms. The number of thiazole rings is 1. The van der Waals surface area contributed by atoms with Gasteiger partial charge in [0.05, 0.1) is 37.3 Å². The molecule has 2 rings (SSSR count). The highest BCUT2D eigenvalue weighted by molar-refractivity contribution is 7.09. The Balaban J connectivity index is 2.18. The summed E-state index contributed by atoms with van der Waals surface area (Å²) in [6.07, 6.45) is 1.59. The summed E-state index contributed by atoms with van der Waals surface area (Å²) >= 11 is 7.61. The SMILES string of the molecule is Cc1csc([C@@H](C#N)C=NC[C@@H](c2c(F)cccc2Cl)[NH+](C)C)n1. The molecule has 126 valence electrons. The van der Waals surface area contributed by atoms with E-state index >= 15 is 0 Å². The molecule has 1 aromatic heterocycles. The van der Waals surface area contributed by atoms with Crippen molar-refractivity contribution in [2.75, 3.05) is 20.6 Å². The number of quaternary nitrogens is 1. The van der Waals surface area contributed by atoms with Crippen LogP contribution in [0.3, 0.4) is 0 Å². The predicted molar refractivity (Wildman–Crippen MR) is 95.5 cm³/mol. The van der Waals surface area contributed by atoms with Crippen molar-refractivity contribution in [2.45, 2.75) is 18.9 Å². The van der Waals surface area contributed by atoms with Gasteiger partial charge in [0.25, 0.3) is 0 Å². The number of aromatic nitrogens is 1. The zero-order chi connectivity index (χ0) is 17.7. The summed E-state index contributed by atoms with van der Waals surface area (Å²) in [4.78, 5) is 9.71. The van der Waals surface area contributed by atoms with Crippen molar-refractivity contribution in [3.8, 4) is 6.07 Å². The molecule has 0 aliphatic heterocycles. The fourth-order valence-electron chi connectivity index (χ4n) is 2.35. The van der Waals surface area contributed by atoms with Gasteiger partial charge < -0.3 is 4.90 Å². The van der Waals surface area contributed by atoms with Gasteiger partial charge in [-0.2, -0.15) is 5.26 Å². The number of nitriles is 1. The van der Waals surface area contributed by atoms with E-state index in [0.717, 1.165) is 15.6 Å². The second-order valence-electron chi connectivity index (χ2n) is 5.71. The van der Waals surface area contributed by atoms with Crippen LogP contribution in [0.15, 0.2) is 28.6 Å². The van der Waals surface area contributed by atoms with Gasteiger partial charge in [0.1, 0.15) is 22.8 Å². The highest BCUT2D eigenvalue weighted by Crippen LogP contribution is 2.24. The summed E-state index contributed by atoms with van der Waals surface area (Å²) in [6, 6.07) is 6.62. The Kier molecular flexibility index (Phi) is 6.44. The summed E-state index contributed by atoms with van der Waals surface area (Å²) in [6.45, 7) is 2.22. The minimum atomic E-state index is -0.488. The number of aryl methyl sites for hydroxylation is 1. The standard InChI is InChI=1S/C17H18ClFN4S/c1-11-10-24-17(22-11)12(7-20)8-21-9-15(23(2)3)16-13(18)5-4-6-14(16)19/h4-6,8,10,12,15H,9H2,1-3H3/p+1/t12-,15-/m0/s1. The summed E-state index contributed by atoms with van der Waals surface area (Å²) in [5, 5.41) is 12.3. The minimum absolute atomic E-state index is 0.229. The quantitative estimate of drug-likeness (QED) is 0.800.